The highest BCUT2D eigenvalue weighted by molar-refractivity contribution is 5.95. The van der Waals surface area contributed by atoms with Gasteiger partial charge in [0.2, 0.25) is 11.8 Å². The van der Waals surface area contributed by atoms with Crippen molar-refractivity contribution in [2.75, 3.05) is 0 Å². The number of benzene rings is 1. The zero-order valence-corrected chi connectivity index (χ0v) is 11.0. The van der Waals surface area contributed by atoms with Crippen LogP contribution >= 0.6 is 0 Å². The summed E-state index contributed by atoms with van der Waals surface area (Å²) in [5, 5.41) is 2.85. The van der Waals surface area contributed by atoms with Crippen LogP contribution < -0.4 is 11.1 Å². The highest BCUT2D eigenvalue weighted by atomic mass is 16.2. The second-order valence-corrected chi connectivity index (χ2v) is 5.16. The van der Waals surface area contributed by atoms with Crippen molar-refractivity contribution >= 4 is 11.8 Å². The summed E-state index contributed by atoms with van der Waals surface area (Å²) in [5.74, 6) is -0.570. The van der Waals surface area contributed by atoms with Crippen LogP contribution in [-0.2, 0) is 4.79 Å². The highest BCUT2D eigenvalue weighted by Gasteiger charge is 2.14. The van der Waals surface area contributed by atoms with Crippen LogP contribution in [0.1, 0.15) is 43.1 Å². The van der Waals surface area contributed by atoms with Gasteiger partial charge in [-0.15, -0.1) is 0 Å². The first-order chi connectivity index (χ1) is 8.29. The molecule has 1 aromatic carbocycles. The molecule has 0 heterocycles. The van der Waals surface area contributed by atoms with Gasteiger partial charge < -0.3 is 11.1 Å². The van der Waals surface area contributed by atoms with Crippen LogP contribution in [0.25, 0.3) is 0 Å². The molecule has 1 rings (SSSR count). The van der Waals surface area contributed by atoms with Crippen molar-refractivity contribution < 1.29 is 9.59 Å². The molecule has 2 amide bonds. The molecular formula is C14H19N2O2. The summed E-state index contributed by atoms with van der Waals surface area (Å²) in [6.45, 7) is 5.76. The van der Waals surface area contributed by atoms with E-state index in [1.54, 1.807) is 30.7 Å². The molecule has 18 heavy (non-hydrogen) atoms. The summed E-state index contributed by atoms with van der Waals surface area (Å²) in [6.07, 6.45) is 1.93. The van der Waals surface area contributed by atoms with Crippen LogP contribution in [-0.4, -0.2) is 17.4 Å². The second kappa shape index (κ2) is 5.67. The van der Waals surface area contributed by atoms with Gasteiger partial charge in [0.1, 0.15) is 0 Å². The van der Waals surface area contributed by atoms with Gasteiger partial charge in [0.15, 0.2) is 0 Å². The maximum atomic E-state index is 11.7. The number of nitrogens with two attached hydrogens (primary N) is 1. The molecule has 0 aliphatic rings. The first-order valence-electron chi connectivity index (χ1n) is 5.82. The Morgan fingerprint density at radius 3 is 2.44 bits per heavy atom. The molecule has 0 saturated heterocycles. The Balaban J connectivity index is 2.64. The second-order valence-electron chi connectivity index (χ2n) is 5.16. The highest BCUT2D eigenvalue weighted by Crippen LogP contribution is 2.12. The fourth-order valence-electron chi connectivity index (χ4n) is 1.57. The average molecular weight is 247 g/mol. The molecule has 0 bridgehead atoms. The third kappa shape index (κ3) is 4.57. The SMILES string of the molecule is CC(C)(C)NC(=O)C[CH]c1ccccc1C(N)=O. The number of carbonyl (C=O) groups excluding carboxylic acids is 2. The van der Waals surface area contributed by atoms with Gasteiger partial charge in [-0.25, -0.2) is 0 Å². The first-order valence-corrected chi connectivity index (χ1v) is 5.82. The maximum Gasteiger partial charge on any atom is 0.248 e. The van der Waals surface area contributed by atoms with Crippen LogP contribution in [0.2, 0.25) is 0 Å². The molecule has 0 spiro atoms. The van der Waals surface area contributed by atoms with E-state index in [9.17, 15) is 9.59 Å². The molecule has 1 aromatic rings. The molecule has 1 radical (unpaired) electrons. The van der Waals surface area contributed by atoms with E-state index in [2.05, 4.69) is 5.32 Å². The van der Waals surface area contributed by atoms with E-state index in [0.717, 1.165) is 0 Å². The van der Waals surface area contributed by atoms with Crippen molar-refractivity contribution in [1.29, 1.82) is 0 Å². The molecule has 97 valence electrons. The quantitative estimate of drug-likeness (QED) is 0.849. The predicted molar refractivity (Wildman–Crippen MR) is 70.9 cm³/mol. The minimum absolute atomic E-state index is 0.0817. The number of hydrogen-bond donors (Lipinski definition) is 2. The number of amides is 2. The van der Waals surface area contributed by atoms with E-state index in [1.165, 1.54) is 0 Å². The van der Waals surface area contributed by atoms with Crippen LogP contribution in [0.5, 0.6) is 0 Å². The van der Waals surface area contributed by atoms with Gasteiger partial charge in [-0.2, -0.15) is 0 Å². The Morgan fingerprint density at radius 1 is 1.28 bits per heavy atom. The van der Waals surface area contributed by atoms with Crippen molar-refractivity contribution in [1.82, 2.24) is 5.32 Å². The molecule has 3 N–H and O–H groups in total. The van der Waals surface area contributed by atoms with Gasteiger partial charge in [-0.1, -0.05) is 18.2 Å². The number of primary amides is 1. The average Bonchev–Trinajstić information content (AvgIpc) is 2.24. The first kappa shape index (κ1) is 14.2. The molecule has 0 unspecified atom stereocenters. The van der Waals surface area contributed by atoms with Crippen molar-refractivity contribution in [3.63, 3.8) is 0 Å². The largest absolute Gasteiger partial charge is 0.366 e. The Morgan fingerprint density at radius 2 is 1.89 bits per heavy atom. The topological polar surface area (TPSA) is 72.2 Å². The van der Waals surface area contributed by atoms with E-state index in [1.807, 2.05) is 20.8 Å². The molecule has 0 fully saturated rings. The lowest BCUT2D eigenvalue weighted by Gasteiger charge is -2.20. The Kier molecular flexibility index (Phi) is 4.48. The summed E-state index contributed by atoms with van der Waals surface area (Å²) in [6, 6.07) is 6.97. The van der Waals surface area contributed by atoms with Crippen molar-refractivity contribution in [2.24, 2.45) is 5.73 Å². The lowest BCUT2D eigenvalue weighted by Crippen LogP contribution is -2.40. The summed E-state index contributed by atoms with van der Waals surface area (Å²) in [4.78, 5) is 22.9. The van der Waals surface area contributed by atoms with Crippen molar-refractivity contribution in [2.45, 2.75) is 32.7 Å². The monoisotopic (exact) mass is 247 g/mol. The van der Waals surface area contributed by atoms with Gasteiger partial charge in [-0.3, -0.25) is 9.59 Å². The summed E-state index contributed by atoms with van der Waals surface area (Å²) in [5.41, 5.74) is 6.13. The molecule has 0 saturated carbocycles. The number of nitrogens with one attached hydrogen (secondary N) is 1. The summed E-state index contributed by atoms with van der Waals surface area (Å²) >= 11 is 0. The molecule has 0 aliphatic heterocycles. The molecule has 4 heteroatoms. The van der Waals surface area contributed by atoms with E-state index >= 15 is 0 Å². The molecular weight excluding hydrogens is 228 g/mol. The smallest absolute Gasteiger partial charge is 0.248 e. The minimum Gasteiger partial charge on any atom is -0.366 e. The number of carbonyl (C=O) groups is 2. The zero-order valence-electron chi connectivity index (χ0n) is 11.0. The Bertz CT molecular complexity index is 447. The van der Waals surface area contributed by atoms with Crippen LogP contribution in [0.15, 0.2) is 24.3 Å². The lowest BCUT2D eigenvalue weighted by atomic mass is 10.0. The predicted octanol–water partition coefficient (Wildman–Crippen LogP) is 1.64. The van der Waals surface area contributed by atoms with Gasteiger partial charge in [0.25, 0.3) is 0 Å². The van der Waals surface area contributed by atoms with Crippen molar-refractivity contribution in [3.8, 4) is 0 Å². The van der Waals surface area contributed by atoms with Gasteiger partial charge in [-0.05, 0) is 32.4 Å². The molecule has 0 aromatic heterocycles. The Labute approximate surface area is 108 Å². The van der Waals surface area contributed by atoms with E-state index in [4.69, 9.17) is 5.73 Å². The van der Waals surface area contributed by atoms with Crippen molar-refractivity contribution in [3.05, 3.63) is 41.8 Å². The van der Waals surface area contributed by atoms with Crippen LogP contribution in [0.3, 0.4) is 0 Å². The fourth-order valence-corrected chi connectivity index (χ4v) is 1.57. The molecule has 0 atom stereocenters. The van der Waals surface area contributed by atoms with Crippen LogP contribution in [0.4, 0.5) is 0 Å². The summed E-state index contributed by atoms with van der Waals surface area (Å²) in [7, 11) is 0. The Hall–Kier alpha value is -1.84. The fraction of sp³-hybridized carbons (Fsp3) is 0.357. The summed E-state index contributed by atoms with van der Waals surface area (Å²) < 4.78 is 0. The molecule has 0 aliphatic carbocycles. The minimum atomic E-state index is -0.488. The lowest BCUT2D eigenvalue weighted by molar-refractivity contribution is -0.121. The van der Waals surface area contributed by atoms with E-state index < -0.39 is 5.91 Å². The van der Waals surface area contributed by atoms with Gasteiger partial charge >= 0.3 is 0 Å². The normalized spacial score (nSPS) is 11.1. The maximum absolute atomic E-state index is 11.7. The molecule has 4 nitrogen and oxygen atoms in total. The zero-order chi connectivity index (χ0) is 13.8. The number of rotatable bonds is 4. The standard InChI is InChI=1S/C14H19N2O2/c1-14(2,3)16-12(17)9-8-10-6-4-5-7-11(10)13(15)18/h4-8H,9H2,1-3H3,(H2,15,18)(H,16,17). The van der Waals surface area contributed by atoms with E-state index in [0.29, 0.717) is 11.1 Å². The van der Waals surface area contributed by atoms with E-state index in [-0.39, 0.29) is 17.9 Å². The third-order valence-corrected chi connectivity index (χ3v) is 2.25. The van der Waals surface area contributed by atoms with Crippen LogP contribution in [0, 0.1) is 6.42 Å². The van der Waals surface area contributed by atoms with Gasteiger partial charge in [0, 0.05) is 23.9 Å². The van der Waals surface area contributed by atoms with Gasteiger partial charge in [0.05, 0.1) is 0 Å². The third-order valence-electron chi connectivity index (χ3n) is 2.25. The number of hydrogen-bond acceptors (Lipinski definition) is 2.